The summed E-state index contributed by atoms with van der Waals surface area (Å²) >= 11 is 0. The van der Waals surface area contributed by atoms with Gasteiger partial charge in [-0.2, -0.15) is 4.98 Å². The molecular weight excluding hydrogens is 588 g/mol. The van der Waals surface area contributed by atoms with Crippen molar-refractivity contribution in [3.8, 4) is 0 Å². The van der Waals surface area contributed by atoms with Crippen LogP contribution in [0.25, 0.3) is 11.0 Å². The van der Waals surface area contributed by atoms with E-state index in [1.807, 2.05) is 23.2 Å². The van der Waals surface area contributed by atoms with E-state index in [9.17, 15) is 9.59 Å². The number of aromatic nitrogens is 4. The normalized spacial score (nSPS) is 15.5. The molecule has 3 aromatic rings. The minimum absolute atomic E-state index is 0.0174. The Labute approximate surface area is 281 Å². The number of anilines is 3. The van der Waals surface area contributed by atoms with E-state index in [1.165, 1.54) is 57.8 Å². The number of amides is 2. The van der Waals surface area contributed by atoms with Gasteiger partial charge < -0.3 is 24.6 Å². The first kappa shape index (κ1) is 34.6. The molecule has 1 saturated heterocycles. The van der Waals surface area contributed by atoms with Crippen LogP contribution in [0.15, 0.2) is 30.6 Å². The summed E-state index contributed by atoms with van der Waals surface area (Å²) in [6.45, 7) is 5.39. The van der Waals surface area contributed by atoms with E-state index in [1.54, 1.807) is 25.2 Å². The van der Waals surface area contributed by atoms with Gasteiger partial charge in [0.05, 0.1) is 11.9 Å². The molecule has 0 aromatic carbocycles. The highest BCUT2D eigenvalue weighted by Gasteiger charge is 2.27. The number of carbonyl (C=O) groups excluding carboxylic acids is 2. The first-order chi connectivity index (χ1) is 22.9. The Morgan fingerprint density at radius 3 is 2.13 bits per heavy atom. The zero-order chi connectivity index (χ0) is 33.0. The van der Waals surface area contributed by atoms with Crippen LogP contribution in [-0.4, -0.2) is 81.4 Å². The average molecular weight is 645 g/mol. The average Bonchev–Trinajstić information content (AvgIpc) is 3.75. The van der Waals surface area contributed by atoms with Crippen molar-refractivity contribution >= 4 is 40.3 Å². The van der Waals surface area contributed by atoms with Crippen molar-refractivity contribution in [3.05, 3.63) is 36.3 Å². The van der Waals surface area contributed by atoms with Crippen LogP contribution >= 0.6 is 0 Å². The Hall–Kier alpha value is -3.69. The highest BCUT2D eigenvalue weighted by atomic mass is 16.2. The lowest BCUT2D eigenvalue weighted by atomic mass is 10.1. The number of nitrogens with zero attached hydrogens (tertiary/aromatic N) is 7. The fourth-order valence-electron chi connectivity index (χ4n) is 7.07. The number of nitrogens with one attached hydrogen (secondary N) is 1. The molecule has 0 atom stereocenters. The lowest BCUT2D eigenvalue weighted by Crippen LogP contribution is -2.48. The topological polar surface area (TPSA) is 99.5 Å². The maximum atomic E-state index is 13.0. The lowest BCUT2D eigenvalue weighted by molar-refractivity contribution is -0.131. The largest absolute Gasteiger partial charge is 0.367 e. The van der Waals surface area contributed by atoms with Crippen molar-refractivity contribution in [2.45, 2.75) is 116 Å². The number of fused-ring (bicyclic) bond motifs is 1. The zero-order valence-electron chi connectivity index (χ0n) is 29.1. The fraction of sp³-hybridized carbons (Fsp3) is 0.649. The van der Waals surface area contributed by atoms with Crippen LogP contribution in [0.4, 0.5) is 17.5 Å². The van der Waals surface area contributed by atoms with Crippen molar-refractivity contribution in [2.24, 2.45) is 0 Å². The van der Waals surface area contributed by atoms with Gasteiger partial charge in [0.15, 0.2) is 0 Å². The summed E-state index contributed by atoms with van der Waals surface area (Å²) < 4.78 is 2.12. The predicted molar refractivity (Wildman–Crippen MR) is 190 cm³/mol. The van der Waals surface area contributed by atoms with Gasteiger partial charge >= 0.3 is 0 Å². The van der Waals surface area contributed by atoms with E-state index < -0.39 is 0 Å². The molecule has 3 aromatic heterocycles. The first-order valence-electron chi connectivity index (χ1n) is 18.3. The molecule has 0 bridgehead atoms. The molecule has 1 aliphatic carbocycles. The number of pyridine rings is 1. The highest BCUT2D eigenvalue weighted by Crippen LogP contribution is 2.35. The summed E-state index contributed by atoms with van der Waals surface area (Å²) in [7, 11) is 3.57. The summed E-state index contributed by atoms with van der Waals surface area (Å²) in [5, 5.41) is 4.13. The predicted octanol–water partition coefficient (Wildman–Crippen LogP) is 7.74. The third kappa shape index (κ3) is 9.45. The quantitative estimate of drug-likeness (QED) is 0.150. The van der Waals surface area contributed by atoms with E-state index in [-0.39, 0.29) is 11.9 Å². The van der Waals surface area contributed by atoms with Gasteiger partial charge in [0.2, 0.25) is 11.9 Å². The summed E-state index contributed by atoms with van der Waals surface area (Å²) in [6, 6.07) is 6.20. The van der Waals surface area contributed by atoms with E-state index >= 15 is 0 Å². The Morgan fingerprint density at radius 1 is 0.851 bits per heavy atom. The number of piperazine rings is 1. The molecule has 0 radical (unpaired) electrons. The van der Waals surface area contributed by atoms with Gasteiger partial charge in [0.25, 0.3) is 5.91 Å². The molecule has 10 heteroatoms. The number of unbranched alkanes of at least 4 members (excludes halogenated alkanes) is 10. The van der Waals surface area contributed by atoms with Crippen LogP contribution in [0.1, 0.15) is 126 Å². The minimum atomic E-state index is -0.0174. The van der Waals surface area contributed by atoms with Crippen LogP contribution in [-0.2, 0) is 4.79 Å². The van der Waals surface area contributed by atoms with Crippen molar-refractivity contribution in [2.75, 3.05) is 50.5 Å². The van der Waals surface area contributed by atoms with Gasteiger partial charge in [-0.15, -0.1) is 0 Å². The number of rotatable bonds is 17. The smallest absolute Gasteiger partial charge is 0.270 e. The van der Waals surface area contributed by atoms with E-state index in [0.29, 0.717) is 29.8 Å². The van der Waals surface area contributed by atoms with Gasteiger partial charge in [0, 0.05) is 64.3 Å². The van der Waals surface area contributed by atoms with Crippen molar-refractivity contribution < 1.29 is 9.59 Å². The second-order valence-corrected chi connectivity index (χ2v) is 13.7. The third-order valence-electron chi connectivity index (χ3n) is 9.87. The Bertz CT molecular complexity index is 1420. The van der Waals surface area contributed by atoms with Gasteiger partial charge in [-0.1, -0.05) is 84.0 Å². The molecular formula is C37H56N8O2. The second-order valence-electron chi connectivity index (χ2n) is 13.7. The molecule has 4 heterocycles. The van der Waals surface area contributed by atoms with Gasteiger partial charge in [0.1, 0.15) is 17.2 Å². The van der Waals surface area contributed by atoms with Gasteiger partial charge in [-0.25, -0.2) is 9.97 Å². The number of hydrogen-bond acceptors (Lipinski definition) is 7. The SMILES string of the molecule is CCCCCCCCCCCCCC(=O)N1CCN(c2ccc(Nc3ncc4cc(C(=O)N(C)C)n(C5CCCC5)c4n3)nc2)CC1. The minimum Gasteiger partial charge on any atom is -0.367 e. The molecule has 47 heavy (non-hydrogen) atoms. The molecule has 2 amide bonds. The fourth-order valence-corrected chi connectivity index (χ4v) is 7.07. The lowest BCUT2D eigenvalue weighted by Gasteiger charge is -2.36. The first-order valence-corrected chi connectivity index (χ1v) is 18.3. The van der Waals surface area contributed by atoms with Gasteiger partial charge in [-0.3, -0.25) is 9.59 Å². The summed E-state index contributed by atoms with van der Waals surface area (Å²) in [4.78, 5) is 45.8. The maximum absolute atomic E-state index is 13.0. The molecule has 256 valence electrons. The van der Waals surface area contributed by atoms with E-state index in [2.05, 4.69) is 37.7 Å². The molecule has 1 saturated carbocycles. The second kappa shape index (κ2) is 17.5. The molecule has 0 unspecified atom stereocenters. The number of hydrogen-bond donors (Lipinski definition) is 1. The van der Waals surface area contributed by atoms with Gasteiger partial charge in [-0.05, 0) is 37.5 Å². The maximum Gasteiger partial charge on any atom is 0.270 e. The van der Waals surface area contributed by atoms with Crippen molar-refractivity contribution in [1.82, 2.24) is 29.3 Å². The summed E-state index contributed by atoms with van der Waals surface area (Å²) in [5.41, 5.74) is 2.50. The Kier molecular flexibility index (Phi) is 12.9. The van der Waals surface area contributed by atoms with Crippen molar-refractivity contribution in [1.29, 1.82) is 0 Å². The highest BCUT2D eigenvalue weighted by molar-refractivity contribution is 5.98. The van der Waals surface area contributed by atoms with E-state index in [4.69, 9.17) is 4.98 Å². The van der Waals surface area contributed by atoms with Crippen LogP contribution in [0.2, 0.25) is 0 Å². The van der Waals surface area contributed by atoms with Crippen LogP contribution < -0.4 is 10.2 Å². The summed E-state index contributed by atoms with van der Waals surface area (Å²) in [5.74, 6) is 1.41. The molecule has 5 rings (SSSR count). The van der Waals surface area contributed by atoms with Crippen LogP contribution in [0.3, 0.4) is 0 Å². The number of carbonyl (C=O) groups is 2. The standard InChI is InChI=1S/C37H56N8O2/c1-4-5-6-7-8-9-10-11-12-13-14-19-34(46)44-24-22-43(23-25-44)31-20-21-33(38-28-31)40-37-39-27-29-26-32(36(47)42(2)3)45(35(29)41-37)30-17-15-16-18-30/h20-21,26-28,30H,4-19,22-25H2,1-3H3,(H,38,39,40,41). The van der Waals surface area contributed by atoms with E-state index in [0.717, 1.165) is 81.4 Å². The summed E-state index contributed by atoms with van der Waals surface area (Å²) in [6.07, 6.45) is 23.0. The van der Waals surface area contributed by atoms with Crippen molar-refractivity contribution in [3.63, 3.8) is 0 Å². The zero-order valence-corrected chi connectivity index (χ0v) is 29.1. The molecule has 0 spiro atoms. The molecule has 2 fully saturated rings. The molecule has 1 N–H and O–H groups in total. The molecule has 1 aliphatic heterocycles. The Balaban J connectivity index is 1.06. The molecule has 2 aliphatic rings. The molecule has 10 nitrogen and oxygen atoms in total. The monoisotopic (exact) mass is 644 g/mol. The van der Waals surface area contributed by atoms with Crippen LogP contribution in [0, 0.1) is 0 Å². The third-order valence-corrected chi connectivity index (χ3v) is 9.87. The Morgan fingerprint density at radius 2 is 1.51 bits per heavy atom. The van der Waals surface area contributed by atoms with Crippen LogP contribution in [0.5, 0.6) is 0 Å².